The molecule has 0 N–H and O–H groups in total. The third kappa shape index (κ3) is 2.27. The van der Waals surface area contributed by atoms with Crippen molar-refractivity contribution in [3.05, 3.63) is 35.9 Å². The Hall–Kier alpha value is -1.35. The van der Waals surface area contributed by atoms with Crippen molar-refractivity contribution in [3.63, 3.8) is 0 Å². The van der Waals surface area contributed by atoms with Crippen LogP contribution in [0.4, 0.5) is 0 Å². The van der Waals surface area contributed by atoms with Gasteiger partial charge in [-0.3, -0.25) is 4.79 Å². The summed E-state index contributed by atoms with van der Waals surface area (Å²) in [6, 6.07) is 10.3. The third-order valence-corrected chi connectivity index (χ3v) is 4.28. The highest BCUT2D eigenvalue weighted by Crippen LogP contribution is 2.41. The second-order valence-electron chi connectivity index (χ2n) is 5.56. The molecule has 3 rings (SSSR count). The molecule has 0 radical (unpaired) electrons. The highest BCUT2D eigenvalue weighted by Gasteiger charge is 2.48. The topological polar surface area (TPSA) is 29.5 Å². The molecule has 0 aromatic heterocycles. The SMILES string of the molecule is CCCC[C@@H]1CC(=O)N2[C@@H](c3ccccc3)CO[C@H]12. The first-order chi connectivity index (χ1) is 9.31. The van der Waals surface area contributed by atoms with E-state index >= 15 is 0 Å². The van der Waals surface area contributed by atoms with Crippen LogP contribution in [0, 0.1) is 5.92 Å². The van der Waals surface area contributed by atoms with Crippen molar-refractivity contribution in [2.24, 2.45) is 5.92 Å². The third-order valence-electron chi connectivity index (χ3n) is 4.28. The molecule has 1 aromatic carbocycles. The lowest BCUT2D eigenvalue weighted by atomic mass is 10.00. The highest BCUT2D eigenvalue weighted by molar-refractivity contribution is 5.80. The van der Waals surface area contributed by atoms with Gasteiger partial charge in [0.2, 0.25) is 5.91 Å². The summed E-state index contributed by atoms with van der Waals surface area (Å²) in [6.07, 6.45) is 4.14. The summed E-state index contributed by atoms with van der Waals surface area (Å²) in [6.45, 7) is 2.83. The Balaban J connectivity index is 1.77. The van der Waals surface area contributed by atoms with E-state index in [2.05, 4.69) is 19.1 Å². The molecular weight excluding hydrogens is 238 g/mol. The van der Waals surface area contributed by atoms with Crippen LogP contribution < -0.4 is 0 Å². The number of ether oxygens (including phenoxy) is 1. The zero-order chi connectivity index (χ0) is 13.2. The first-order valence-corrected chi connectivity index (χ1v) is 7.29. The summed E-state index contributed by atoms with van der Waals surface area (Å²) in [5.41, 5.74) is 1.19. The van der Waals surface area contributed by atoms with Crippen LogP contribution in [0.25, 0.3) is 0 Å². The van der Waals surface area contributed by atoms with Crippen molar-refractivity contribution in [1.29, 1.82) is 0 Å². The summed E-state index contributed by atoms with van der Waals surface area (Å²) in [7, 11) is 0. The molecule has 102 valence electrons. The molecule has 19 heavy (non-hydrogen) atoms. The first kappa shape index (κ1) is 12.7. The number of carbonyl (C=O) groups excluding carboxylic acids is 1. The average Bonchev–Trinajstić information content (AvgIpc) is 3.00. The van der Waals surface area contributed by atoms with Crippen LogP contribution in [0.1, 0.15) is 44.2 Å². The van der Waals surface area contributed by atoms with Crippen LogP contribution in [0.15, 0.2) is 30.3 Å². The molecule has 2 fully saturated rings. The Morgan fingerprint density at radius 3 is 2.84 bits per heavy atom. The van der Waals surface area contributed by atoms with Gasteiger partial charge in [-0.15, -0.1) is 0 Å². The number of benzene rings is 1. The largest absolute Gasteiger partial charge is 0.355 e. The minimum absolute atomic E-state index is 0.0178. The first-order valence-electron chi connectivity index (χ1n) is 7.29. The zero-order valence-electron chi connectivity index (χ0n) is 11.4. The zero-order valence-corrected chi connectivity index (χ0v) is 11.4. The van der Waals surface area contributed by atoms with Gasteiger partial charge in [0.05, 0.1) is 12.6 Å². The number of hydrogen-bond acceptors (Lipinski definition) is 2. The molecule has 2 heterocycles. The Morgan fingerprint density at radius 2 is 2.11 bits per heavy atom. The Morgan fingerprint density at radius 1 is 1.32 bits per heavy atom. The molecule has 0 spiro atoms. The van der Waals surface area contributed by atoms with Crippen molar-refractivity contribution in [2.75, 3.05) is 6.61 Å². The Bertz CT molecular complexity index is 445. The van der Waals surface area contributed by atoms with Crippen molar-refractivity contribution < 1.29 is 9.53 Å². The van der Waals surface area contributed by atoms with Crippen LogP contribution in [-0.4, -0.2) is 23.6 Å². The maximum atomic E-state index is 12.3. The number of unbranched alkanes of at least 4 members (excludes halogenated alkanes) is 1. The summed E-state index contributed by atoms with van der Waals surface area (Å²) in [5, 5.41) is 0. The normalized spacial score (nSPS) is 29.8. The highest BCUT2D eigenvalue weighted by atomic mass is 16.5. The minimum atomic E-state index is 0.0178. The van der Waals surface area contributed by atoms with Crippen LogP contribution in [0.3, 0.4) is 0 Å². The minimum Gasteiger partial charge on any atom is -0.355 e. The Labute approximate surface area is 114 Å². The molecule has 0 unspecified atom stereocenters. The van der Waals surface area contributed by atoms with E-state index in [1.165, 1.54) is 18.4 Å². The number of hydrogen-bond donors (Lipinski definition) is 0. The van der Waals surface area contributed by atoms with Crippen molar-refractivity contribution in [1.82, 2.24) is 4.90 Å². The van der Waals surface area contributed by atoms with Crippen LogP contribution in [0.2, 0.25) is 0 Å². The summed E-state index contributed by atoms with van der Waals surface area (Å²) in [4.78, 5) is 14.2. The second-order valence-corrected chi connectivity index (χ2v) is 5.56. The fourth-order valence-electron chi connectivity index (χ4n) is 3.28. The lowest BCUT2D eigenvalue weighted by Gasteiger charge is -2.23. The van der Waals surface area contributed by atoms with Crippen LogP contribution in [-0.2, 0) is 9.53 Å². The van der Waals surface area contributed by atoms with Gasteiger partial charge in [-0.2, -0.15) is 0 Å². The van der Waals surface area contributed by atoms with Crippen molar-refractivity contribution >= 4 is 5.91 Å². The summed E-state index contributed by atoms with van der Waals surface area (Å²) in [5.74, 6) is 0.651. The van der Waals surface area contributed by atoms with E-state index < -0.39 is 0 Å². The summed E-state index contributed by atoms with van der Waals surface area (Å²) < 4.78 is 5.93. The van der Waals surface area contributed by atoms with Gasteiger partial charge < -0.3 is 9.64 Å². The molecule has 3 atom stereocenters. The van der Waals surface area contributed by atoms with E-state index in [1.54, 1.807) is 0 Å². The molecule has 0 bridgehead atoms. The fraction of sp³-hybridized carbons (Fsp3) is 0.562. The monoisotopic (exact) mass is 259 g/mol. The van der Waals surface area contributed by atoms with E-state index in [0.717, 1.165) is 6.42 Å². The van der Waals surface area contributed by atoms with Gasteiger partial charge in [-0.05, 0) is 12.0 Å². The molecule has 1 aromatic rings. The second kappa shape index (κ2) is 5.33. The van der Waals surface area contributed by atoms with Crippen LogP contribution in [0.5, 0.6) is 0 Å². The van der Waals surface area contributed by atoms with E-state index in [1.807, 2.05) is 23.1 Å². The van der Waals surface area contributed by atoms with Gasteiger partial charge in [0.25, 0.3) is 0 Å². The number of fused-ring (bicyclic) bond motifs is 1. The van der Waals surface area contributed by atoms with Crippen molar-refractivity contribution in [2.45, 2.75) is 44.9 Å². The average molecular weight is 259 g/mol. The van der Waals surface area contributed by atoms with Crippen LogP contribution >= 0.6 is 0 Å². The molecule has 2 aliphatic heterocycles. The maximum Gasteiger partial charge on any atom is 0.225 e. The van der Waals surface area contributed by atoms with E-state index in [0.29, 0.717) is 18.9 Å². The Kier molecular flexibility index (Phi) is 3.56. The molecular formula is C16H21NO2. The molecule has 0 aliphatic carbocycles. The lowest BCUT2D eigenvalue weighted by molar-refractivity contribution is -0.131. The van der Waals surface area contributed by atoms with E-state index in [4.69, 9.17) is 4.74 Å². The van der Waals surface area contributed by atoms with Gasteiger partial charge >= 0.3 is 0 Å². The predicted octanol–water partition coefficient (Wildman–Crippen LogP) is 3.12. The number of nitrogens with zero attached hydrogens (tertiary/aromatic N) is 1. The number of amides is 1. The smallest absolute Gasteiger partial charge is 0.225 e. The lowest BCUT2D eigenvalue weighted by Crippen LogP contribution is -2.32. The van der Waals surface area contributed by atoms with Gasteiger partial charge in [0.1, 0.15) is 6.23 Å². The molecule has 2 aliphatic rings. The standard InChI is InChI=1S/C16H21NO2/c1-2-3-7-13-10-15(18)17-14(11-19-16(13)17)12-8-5-4-6-9-12/h4-6,8-9,13-14,16H,2-3,7,10-11H2,1H3/t13-,14-,16-/m1/s1. The van der Waals surface area contributed by atoms with Gasteiger partial charge in [0, 0.05) is 12.3 Å². The van der Waals surface area contributed by atoms with E-state index in [9.17, 15) is 4.79 Å². The molecule has 0 saturated carbocycles. The fourth-order valence-corrected chi connectivity index (χ4v) is 3.28. The van der Waals surface area contributed by atoms with Gasteiger partial charge in [-0.25, -0.2) is 0 Å². The summed E-state index contributed by atoms with van der Waals surface area (Å²) >= 11 is 0. The molecule has 2 saturated heterocycles. The van der Waals surface area contributed by atoms with Crippen molar-refractivity contribution in [3.8, 4) is 0 Å². The molecule has 3 nitrogen and oxygen atoms in total. The number of rotatable bonds is 4. The maximum absolute atomic E-state index is 12.3. The number of carbonyl (C=O) groups is 1. The van der Waals surface area contributed by atoms with E-state index in [-0.39, 0.29) is 18.2 Å². The van der Waals surface area contributed by atoms with Gasteiger partial charge in [0.15, 0.2) is 0 Å². The molecule has 3 heteroatoms. The quantitative estimate of drug-likeness (QED) is 0.831. The molecule has 1 amide bonds. The van der Waals surface area contributed by atoms with Gasteiger partial charge in [-0.1, -0.05) is 50.1 Å². The predicted molar refractivity (Wildman–Crippen MR) is 73.4 cm³/mol.